The minimum absolute atomic E-state index is 0.192. The highest BCUT2D eigenvalue weighted by molar-refractivity contribution is 8.04. The van der Waals surface area contributed by atoms with Crippen LogP contribution in [0.25, 0.3) is 0 Å². The summed E-state index contributed by atoms with van der Waals surface area (Å²) in [6, 6.07) is 10.2. The van der Waals surface area contributed by atoms with Crippen molar-refractivity contribution in [3.05, 3.63) is 41.3 Å². The Labute approximate surface area is 106 Å². The van der Waals surface area contributed by atoms with E-state index in [0.717, 1.165) is 16.2 Å². The Morgan fingerprint density at radius 1 is 1.24 bits per heavy atom. The number of thioether (sulfide) groups is 1. The van der Waals surface area contributed by atoms with Crippen molar-refractivity contribution in [3.63, 3.8) is 0 Å². The third-order valence-corrected chi connectivity index (χ3v) is 5.29. The van der Waals surface area contributed by atoms with Gasteiger partial charge in [-0.3, -0.25) is 4.79 Å². The molecule has 17 heavy (non-hydrogen) atoms. The van der Waals surface area contributed by atoms with Crippen LogP contribution in [0.3, 0.4) is 0 Å². The van der Waals surface area contributed by atoms with Crippen LogP contribution < -0.4 is 0 Å². The predicted molar refractivity (Wildman–Crippen MR) is 70.8 cm³/mol. The molecule has 0 spiro atoms. The second-order valence-electron chi connectivity index (χ2n) is 5.53. The summed E-state index contributed by atoms with van der Waals surface area (Å²) >= 11 is 1.62. The van der Waals surface area contributed by atoms with Crippen molar-refractivity contribution in [2.45, 2.75) is 25.2 Å². The molecule has 3 aliphatic carbocycles. The number of rotatable bonds is 2. The Kier molecular flexibility index (Phi) is 2.44. The minimum atomic E-state index is 0.192. The van der Waals surface area contributed by atoms with E-state index in [-0.39, 0.29) is 11.3 Å². The Morgan fingerprint density at radius 3 is 2.53 bits per heavy atom. The van der Waals surface area contributed by atoms with Crippen molar-refractivity contribution in [1.82, 2.24) is 0 Å². The van der Waals surface area contributed by atoms with Gasteiger partial charge in [0, 0.05) is 10.8 Å². The number of benzene rings is 1. The first-order valence-corrected chi connectivity index (χ1v) is 6.89. The SMILES string of the molecule is CC1(C)C2C=C(Sc3ccccc3)C(=O)[C@@H]1C2. The minimum Gasteiger partial charge on any atom is -0.293 e. The average Bonchev–Trinajstić information content (AvgIpc) is 2.32. The van der Waals surface area contributed by atoms with Crippen molar-refractivity contribution in [2.75, 3.05) is 0 Å². The number of hydrogen-bond acceptors (Lipinski definition) is 2. The van der Waals surface area contributed by atoms with Gasteiger partial charge in [-0.05, 0) is 29.9 Å². The number of carbonyl (C=O) groups is 1. The van der Waals surface area contributed by atoms with Crippen LogP contribution in [0, 0.1) is 17.3 Å². The molecular formula is C15H16OS. The second-order valence-corrected chi connectivity index (χ2v) is 6.64. The van der Waals surface area contributed by atoms with Crippen LogP contribution in [-0.4, -0.2) is 5.78 Å². The summed E-state index contributed by atoms with van der Waals surface area (Å²) in [7, 11) is 0. The van der Waals surface area contributed by atoms with Gasteiger partial charge in [-0.1, -0.05) is 49.9 Å². The molecule has 88 valence electrons. The van der Waals surface area contributed by atoms with E-state index in [1.54, 1.807) is 11.8 Å². The van der Waals surface area contributed by atoms with Crippen molar-refractivity contribution in [1.29, 1.82) is 0 Å². The molecular weight excluding hydrogens is 228 g/mol. The molecule has 3 aliphatic rings. The molecule has 1 aromatic rings. The summed E-state index contributed by atoms with van der Waals surface area (Å²) in [6.07, 6.45) is 3.25. The maximum absolute atomic E-state index is 12.3. The molecule has 0 amide bonds. The first-order chi connectivity index (χ1) is 8.09. The second kappa shape index (κ2) is 3.74. The van der Waals surface area contributed by atoms with E-state index in [0.29, 0.717) is 11.7 Å². The van der Waals surface area contributed by atoms with Gasteiger partial charge in [0.15, 0.2) is 5.78 Å². The summed E-state index contributed by atoms with van der Waals surface area (Å²) in [5, 5.41) is 0. The van der Waals surface area contributed by atoms with Gasteiger partial charge >= 0.3 is 0 Å². The van der Waals surface area contributed by atoms with Crippen molar-refractivity contribution in [3.8, 4) is 0 Å². The quantitative estimate of drug-likeness (QED) is 0.784. The van der Waals surface area contributed by atoms with Crippen LogP contribution in [0.4, 0.5) is 0 Å². The van der Waals surface area contributed by atoms with Crippen LogP contribution in [0.2, 0.25) is 0 Å². The summed E-state index contributed by atoms with van der Waals surface area (Å²) in [5.74, 6) is 1.20. The topological polar surface area (TPSA) is 17.1 Å². The molecule has 0 aliphatic heterocycles. The van der Waals surface area contributed by atoms with Crippen LogP contribution in [0.1, 0.15) is 20.3 Å². The number of Topliss-reactive ketones (excluding diaryl/α,β-unsaturated/α-hetero) is 1. The highest BCUT2D eigenvalue weighted by Gasteiger charge is 2.54. The Hall–Kier alpha value is -1.02. The van der Waals surface area contributed by atoms with Gasteiger partial charge in [0.25, 0.3) is 0 Å². The first kappa shape index (κ1) is 11.1. The van der Waals surface area contributed by atoms with E-state index in [1.165, 1.54) is 0 Å². The number of hydrogen-bond donors (Lipinski definition) is 0. The smallest absolute Gasteiger partial charge is 0.172 e. The van der Waals surface area contributed by atoms with E-state index in [4.69, 9.17) is 0 Å². The summed E-state index contributed by atoms with van der Waals surface area (Å²) in [5.41, 5.74) is 0.192. The molecule has 1 fully saturated rings. The van der Waals surface area contributed by atoms with Crippen LogP contribution in [0.15, 0.2) is 46.2 Å². The Balaban J connectivity index is 1.85. The maximum Gasteiger partial charge on any atom is 0.172 e. The lowest BCUT2D eigenvalue weighted by Gasteiger charge is -2.53. The molecule has 0 heterocycles. The zero-order valence-electron chi connectivity index (χ0n) is 10.1. The third-order valence-electron chi connectivity index (χ3n) is 4.23. The fourth-order valence-electron chi connectivity index (χ4n) is 2.82. The molecule has 0 saturated heterocycles. The number of fused-ring (bicyclic) bond motifs is 1. The normalized spacial score (nSPS) is 29.5. The summed E-state index contributed by atoms with van der Waals surface area (Å²) in [6.45, 7) is 4.42. The van der Waals surface area contributed by atoms with Gasteiger partial charge < -0.3 is 0 Å². The van der Waals surface area contributed by atoms with E-state index >= 15 is 0 Å². The van der Waals surface area contributed by atoms with Crippen molar-refractivity contribution in [2.24, 2.45) is 17.3 Å². The zero-order chi connectivity index (χ0) is 12.0. The van der Waals surface area contributed by atoms with Gasteiger partial charge in [0.1, 0.15) is 0 Å². The largest absolute Gasteiger partial charge is 0.293 e. The predicted octanol–water partition coefficient (Wildman–Crippen LogP) is 3.91. The molecule has 1 nitrogen and oxygen atoms in total. The van der Waals surface area contributed by atoms with Gasteiger partial charge in [-0.25, -0.2) is 0 Å². The molecule has 1 saturated carbocycles. The Bertz CT molecular complexity index is 487. The maximum atomic E-state index is 12.3. The average molecular weight is 244 g/mol. The van der Waals surface area contributed by atoms with E-state index < -0.39 is 0 Å². The van der Waals surface area contributed by atoms with E-state index in [2.05, 4.69) is 32.1 Å². The Morgan fingerprint density at radius 2 is 1.94 bits per heavy atom. The summed E-state index contributed by atoms with van der Waals surface area (Å²) in [4.78, 5) is 14.4. The van der Waals surface area contributed by atoms with Crippen LogP contribution in [0.5, 0.6) is 0 Å². The molecule has 0 radical (unpaired) electrons. The van der Waals surface area contributed by atoms with Crippen molar-refractivity contribution < 1.29 is 4.79 Å². The van der Waals surface area contributed by atoms with Gasteiger partial charge in [-0.15, -0.1) is 0 Å². The summed E-state index contributed by atoms with van der Waals surface area (Å²) < 4.78 is 0. The first-order valence-electron chi connectivity index (χ1n) is 6.08. The lowest BCUT2D eigenvalue weighted by molar-refractivity contribution is -0.133. The molecule has 0 N–H and O–H groups in total. The molecule has 2 atom stereocenters. The zero-order valence-corrected chi connectivity index (χ0v) is 11.0. The number of allylic oxidation sites excluding steroid dienone is 2. The highest BCUT2D eigenvalue weighted by Crippen LogP contribution is 2.58. The standard InChI is InChI=1S/C15H16OS/c1-15(2)10-8-12(15)14(16)13(9-10)17-11-6-4-3-5-7-11/h3-7,9-10,12H,8H2,1-2H3/t10?,12-/m0/s1. The fraction of sp³-hybridized carbons (Fsp3) is 0.400. The van der Waals surface area contributed by atoms with Crippen molar-refractivity contribution >= 4 is 17.5 Å². The molecule has 0 aromatic heterocycles. The van der Waals surface area contributed by atoms with Gasteiger partial charge in [0.2, 0.25) is 0 Å². The molecule has 2 heteroatoms. The molecule has 1 unspecified atom stereocenters. The monoisotopic (exact) mass is 244 g/mol. The molecule has 1 aromatic carbocycles. The van der Waals surface area contributed by atoms with E-state index in [9.17, 15) is 4.79 Å². The number of carbonyl (C=O) groups excluding carboxylic acids is 1. The lowest BCUT2D eigenvalue weighted by atomic mass is 9.51. The van der Waals surface area contributed by atoms with Crippen LogP contribution in [-0.2, 0) is 4.79 Å². The van der Waals surface area contributed by atoms with Crippen LogP contribution >= 0.6 is 11.8 Å². The third kappa shape index (κ3) is 1.66. The fourth-order valence-corrected chi connectivity index (χ4v) is 3.85. The molecule has 2 bridgehead atoms. The lowest BCUT2D eigenvalue weighted by Crippen LogP contribution is -2.51. The van der Waals surface area contributed by atoms with E-state index in [1.807, 2.05) is 18.2 Å². The van der Waals surface area contributed by atoms with Gasteiger partial charge in [-0.2, -0.15) is 0 Å². The number of ketones is 1. The highest BCUT2D eigenvalue weighted by atomic mass is 32.2. The molecule has 4 rings (SSSR count). The van der Waals surface area contributed by atoms with Gasteiger partial charge in [0.05, 0.1) is 4.91 Å².